The van der Waals surface area contributed by atoms with Crippen molar-refractivity contribution >= 4 is 35.2 Å². The van der Waals surface area contributed by atoms with E-state index in [2.05, 4.69) is 32.3 Å². The number of halogens is 3. The van der Waals surface area contributed by atoms with Crippen LogP contribution in [0.5, 0.6) is 0 Å². The second-order valence-corrected chi connectivity index (χ2v) is 8.87. The highest BCUT2D eigenvalue weighted by molar-refractivity contribution is 6.30. The van der Waals surface area contributed by atoms with Gasteiger partial charge in [0.25, 0.3) is 5.91 Å². The third kappa shape index (κ3) is 6.44. The molecule has 0 bridgehead atoms. The van der Waals surface area contributed by atoms with E-state index < -0.39 is 6.04 Å². The molecule has 5 nitrogen and oxygen atoms in total. The molecule has 1 aromatic heterocycles. The van der Waals surface area contributed by atoms with Gasteiger partial charge in [0, 0.05) is 61.6 Å². The van der Waals surface area contributed by atoms with Crippen molar-refractivity contribution in [1.82, 2.24) is 20.1 Å². The van der Waals surface area contributed by atoms with Crippen LogP contribution in [-0.2, 0) is 0 Å². The van der Waals surface area contributed by atoms with E-state index in [1.54, 1.807) is 12.1 Å². The van der Waals surface area contributed by atoms with Crippen LogP contribution >= 0.6 is 23.2 Å². The van der Waals surface area contributed by atoms with Crippen LogP contribution in [-0.4, -0.2) is 59.5 Å². The minimum Gasteiger partial charge on any atom is -0.371 e. The maximum atomic E-state index is 14.0. The maximum Gasteiger partial charge on any atom is 0.251 e. The first-order valence-corrected chi connectivity index (χ1v) is 11.6. The molecule has 1 amide bonds. The van der Waals surface area contributed by atoms with Gasteiger partial charge in [-0.2, -0.15) is 0 Å². The number of nitrogens with zero attached hydrogens (tertiary/aromatic N) is 3. The molecule has 2 aromatic rings. The smallest absolute Gasteiger partial charge is 0.251 e. The average Bonchev–Trinajstić information content (AvgIpc) is 2.81. The van der Waals surface area contributed by atoms with E-state index in [1.807, 2.05) is 24.3 Å². The number of pyridine rings is 1. The summed E-state index contributed by atoms with van der Waals surface area (Å²) in [5.74, 6) is -0.543. The number of carbonyl (C=O) groups excluding carboxylic acids is 1. The Morgan fingerprint density at radius 1 is 1.12 bits per heavy atom. The van der Waals surface area contributed by atoms with Crippen LogP contribution < -0.4 is 5.32 Å². The van der Waals surface area contributed by atoms with Gasteiger partial charge < -0.3 is 10.2 Å². The highest BCUT2D eigenvalue weighted by atomic mass is 35.5. The fraction of sp³-hybridized carbons (Fsp3) is 0.280. The SMILES string of the molecule is O=C(NC1CC(F)=CC=C1N1CCN(C/C=C/c2ccc(Cl)cc2)CC1)c1ccnc(Cl)c1. The van der Waals surface area contributed by atoms with Gasteiger partial charge in [-0.05, 0) is 42.0 Å². The van der Waals surface area contributed by atoms with Crippen LogP contribution in [0, 0.1) is 0 Å². The fourth-order valence-corrected chi connectivity index (χ4v) is 4.30. The molecule has 0 spiro atoms. The first-order chi connectivity index (χ1) is 16.0. The summed E-state index contributed by atoms with van der Waals surface area (Å²) in [7, 11) is 0. The predicted octanol–water partition coefficient (Wildman–Crippen LogP) is 4.96. The topological polar surface area (TPSA) is 48.5 Å². The van der Waals surface area contributed by atoms with Gasteiger partial charge in [-0.3, -0.25) is 9.69 Å². The van der Waals surface area contributed by atoms with Crippen molar-refractivity contribution < 1.29 is 9.18 Å². The summed E-state index contributed by atoms with van der Waals surface area (Å²) in [6.45, 7) is 4.24. The van der Waals surface area contributed by atoms with Crippen molar-refractivity contribution in [2.75, 3.05) is 32.7 Å². The quantitative estimate of drug-likeness (QED) is 0.586. The summed E-state index contributed by atoms with van der Waals surface area (Å²) in [6.07, 6.45) is 9.13. The highest BCUT2D eigenvalue weighted by Gasteiger charge is 2.28. The van der Waals surface area contributed by atoms with E-state index in [0.717, 1.165) is 49.0 Å². The molecule has 1 N–H and O–H groups in total. The molecule has 0 radical (unpaired) electrons. The third-order valence-electron chi connectivity index (χ3n) is 5.77. The Balaban J connectivity index is 1.33. The molecule has 1 aliphatic carbocycles. The largest absolute Gasteiger partial charge is 0.371 e. The minimum absolute atomic E-state index is 0.139. The van der Waals surface area contributed by atoms with E-state index >= 15 is 0 Å². The van der Waals surface area contributed by atoms with E-state index in [0.29, 0.717) is 5.56 Å². The van der Waals surface area contributed by atoms with Gasteiger partial charge in [0.2, 0.25) is 0 Å². The lowest BCUT2D eigenvalue weighted by Crippen LogP contribution is -2.50. The van der Waals surface area contributed by atoms with Crippen LogP contribution in [0.15, 0.2) is 72.3 Å². The number of aromatic nitrogens is 1. The first kappa shape index (κ1) is 23.5. The molecule has 33 heavy (non-hydrogen) atoms. The van der Waals surface area contributed by atoms with E-state index in [4.69, 9.17) is 23.2 Å². The number of hydrogen-bond acceptors (Lipinski definition) is 4. The zero-order valence-electron chi connectivity index (χ0n) is 18.1. The zero-order chi connectivity index (χ0) is 23.2. The number of nitrogens with one attached hydrogen (secondary N) is 1. The van der Waals surface area contributed by atoms with Gasteiger partial charge in [-0.1, -0.05) is 47.5 Å². The molecule has 4 rings (SSSR count). The first-order valence-electron chi connectivity index (χ1n) is 10.9. The van der Waals surface area contributed by atoms with E-state index in [1.165, 1.54) is 18.3 Å². The summed E-state index contributed by atoms with van der Waals surface area (Å²) in [6, 6.07) is 10.4. The molecule has 1 atom stereocenters. The molecule has 1 saturated heterocycles. The predicted molar refractivity (Wildman–Crippen MR) is 131 cm³/mol. The number of carbonyl (C=O) groups is 1. The normalized spacial score (nSPS) is 19.4. The van der Waals surface area contributed by atoms with Gasteiger partial charge in [0.05, 0.1) is 6.04 Å². The Bertz CT molecular complexity index is 1080. The maximum absolute atomic E-state index is 14.0. The van der Waals surface area contributed by atoms with Crippen LogP contribution in [0.1, 0.15) is 22.3 Å². The standard InChI is InChI=1S/C25H25Cl2FN4O/c26-20-5-3-18(4-6-20)2-1-11-31-12-14-32(15-13-31)23-8-7-21(28)17-22(23)30-25(33)19-9-10-29-24(27)16-19/h1-10,16,22H,11-15,17H2,(H,30,33)/b2-1+. The van der Waals surface area contributed by atoms with Crippen LogP contribution in [0.25, 0.3) is 6.08 Å². The van der Waals surface area contributed by atoms with Crippen molar-refractivity contribution in [3.8, 4) is 0 Å². The van der Waals surface area contributed by atoms with Gasteiger partial charge in [0.1, 0.15) is 11.0 Å². The molecular weight excluding hydrogens is 462 g/mol. The minimum atomic E-state index is -0.425. The molecule has 8 heteroatoms. The highest BCUT2D eigenvalue weighted by Crippen LogP contribution is 2.24. The number of rotatable bonds is 6. The zero-order valence-corrected chi connectivity index (χ0v) is 19.6. The number of hydrogen-bond donors (Lipinski definition) is 1. The lowest BCUT2D eigenvalue weighted by Gasteiger charge is -2.40. The Hall–Kier alpha value is -2.67. The van der Waals surface area contributed by atoms with Crippen LogP contribution in [0.3, 0.4) is 0 Å². The van der Waals surface area contributed by atoms with Crippen molar-refractivity contribution in [3.05, 3.63) is 93.6 Å². The average molecular weight is 487 g/mol. The molecule has 0 saturated carbocycles. The molecule has 1 aliphatic heterocycles. The molecule has 172 valence electrons. The summed E-state index contributed by atoms with van der Waals surface area (Å²) < 4.78 is 14.0. The number of benzene rings is 1. The number of allylic oxidation sites excluding steroid dienone is 2. The van der Waals surface area contributed by atoms with Crippen molar-refractivity contribution in [3.63, 3.8) is 0 Å². The summed E-state index contributed by atoms with van der Waals surface area (Å²) in [4.78, 5) is 21.2. The van der Waals surface area contributed by atoms with Gasteiger partial charge >= 0.3 is 0 Å². The lowest BCUT2D eigenvalue weighted by atomic mass is 10.0. The monoisotopic (exact) mass is 486 g/mol. The summed E-state index contributed by atoms with van der Waals surface area (Å²) >= 11 is 11.8. The van der Waals surface area contributed by atoms with E-state index in [9.17, 15) is 9.18 Å². The third-order valence-corrected chi connectivity index (χ3v) is 6.23. The van der Waals surface area contributed by atoms with Gasteiger partial charge in [-0.25, -0.2) is 9.37 Å². The molecule has 1 aromatic carbocycles. The molecular formula is C25H25Cl2FN4O. The van der Waals surface area contributed by atoms with Gasteiger partial charge in [-0.15, -0.1) is 0 Å². The summed E-state index contributed by atoms with van der Waals surface area (Å²) in [5, 5.41) is 3.93. The van der Waals surface area contributed by atoms with Crippen LogP contribution in [0.2, 0.25) is 10.2 Å². The van der Waals surface area contributed by atoms with Crippen molar-refractivity contribution in [2.24, 2.45) is 0 Å². The summed E-state index contributed by atoms with van der Waals surface area (Å²) in [5.41, 5.74) is 2.45. The van der Waals surface area contributed by atoms with E-state index in [-0.39, 0.29) is 23.3 Å². The Kier molecular flexibility index (Phi) is 7.81. The van der Waals surface area contributed by atoms with Crippen molar-refractivity contribution in [2.45, 2.75) is 12.5 Å². The Morgan fingerprint density at radius 2 is 1.88 bits per heavy atom. The van der Waals surface area contributed by atoms with Gasteiger partial charge in [0.15, 0.2) is 0 Å². The second-order valence-electron chi connectivity index (χ2n) is 8.04. The molecule has 1 unspecified atom stereocenters. The Morgan fingerprint density at radius 3 is 2.61 bits per heavy atom. The Labute approximate surface area is 203 Å². The molecule has 2 heterocycles. The van der Waals surface area contributed by atoms with Crippen molar-refractivity contribution in [1.29, 1.82) is 0 Å². The lowest BCUT2D eigenvalue weighted by molar-refractivity contribution is 0.0928. The number of piperazine rings is 1. The molecule has 2 aliphatic rings. The molecule has 1 fully saturated rings. The number of amides is 1. The fourth-order valence-electron chi connectivity index (χ4n) is 4.00. The second kappa shape index (κ2) is 11.0. The van der Waals surface area contributed by atoms with Crippen LogP contribution in [0.4, 0.5) is 4.39 Å².